The Bertz CT molecular complexity index is 668. The van der Waals surface area contributed by atoms with Crippen LogP contribution in [0.3, 0.4) is 0 Å². The van der Waals surface area contributed by atoms with Crippen LogP contribution in [0, 0.1) is 6.92 Å². The summed E-state index contributed by atoms with van der Waals surface area (Å²) in [7, 11) is 0. The number of rotatable bonds is 3. The van der Waals surface area contributed by atoms with Crippen LogP contribution in [0.1, 0.15) is 46.1 Å². The Morgan fingerprint density at radius 3 is 2.90 bits per heavy atom. The molecule has 0 unspecified atom stereocenters. The van der Waals surface area contributed by atoms with Crippen LogP contribution in [0.5, 0.6) is 0 Å². The van der Waals surface area contributed by atoms with Gasteiger partial charge in [-0.1, -0.05) is 23.8 Å². The SMILES string of the molecule is Cc1ccc2c(c1)[C@H](Nc1cnc(C(=O)O)cn1)CCC2. The molecule has 0 aliphatic heterocycles. The number of carbonyl (C=O) groups is 1. The molecule has 1 aliphatic carbocycles. The van der Waals surface area contributed by atoms with E-state index in [1.165, 1.54) is 29.1 Å². The Balaban J connectivity index is 1.83. The molecule has 0 saturated heterocycles. The number of nitrogens with one attached hydrogen (secondary N) is 1. The first-order chi connectivity index (χ1) is 10.1. The smallest absolute Gasteiger partial charge is 0.356 e. The topological polar surface area (TPSA) is 75.1 Å². The normalized spacial score (nSPS) is 17.1. The summed E-state index contributed by atoms with van der Waals surface area (Å²) in [6.45, 7) is 2.09. The van der Waals surface area contributed by atoms with Crippen LogP contribution >= 0.6 is 0 Å². The second-order valence-corrected chi connectivity index (χ2v) is 5.38. The van der Waals surface area contributed by atoms with Gasteiger partial charge in [-0.05, 0) is 37.3 Å². The second-order valence-electron chi connectivity index (χ2n) is 5.38. The third-order valence-corrected chi connectivity index (χ3v) is 3.81. The number of nitrogens with zero attached hydrogens (tertiary/aromatic N) is 2. The molecule has 1 heterocycles. The maximum atomic E-state index is 10.8. The highest BCUT2D eigenvalue weighted by atomic mass is 16.4. The van der Waals surface area contributed by atoms with E-state index in [0.29, 0.717) is 5.82 Å². The van der Waals surface area contributed by atoms with Crippen molar-refractivity contribution in [3.05, 3.63) is 53.0 Å². The van der Waals surface area contributed by atoms with Gasteiger partial charge in [-0.2, -0.15) is 0 Å². The molecule has 0 fully saturated rings. The molecule has 3 rings (SSSR count). The molecule has 0 amide bonds. The predicted octanol–water partition coefficient (Wildman–Crippen LogP) is 2.97. The standard InChI is InChI=1S/C16H17N3O2/c1-10-5-6-11-3-2-4-13(12(11)7-10)19-15-9-17-14(8-18-15)16(20)21/h5-9,13H,2-4H2,1H3,(H,18,19)(H,20,21)/t13-/m1/s1. The van der Waals surface area contributed by atoms with Gasteiger partial charge < -0.3 is 10.4 Å². The fraction of sp³-hybridized carbons (Fsp3) is 0.312. The summed E-state index contributed by atoms with van der Waals surface area (Å²) in [6.07, 6.45) is 6.04. The maximum Gasteiger partial charge on any atom is 0.356 e. The zero-order valence-corrected chi connectivity index (χ0v) is 11.8. The van der Waals surface area contributed by atoms with E-state index >= 15 is 0 Å². The highest BCUT2D eigenvalue weighted by Crippen LogP contribution is 2.32. The molecule has 2 aromatic rings. The van der Waals surface area contributed by atoms with E-state index in [-0.39, 0.29) is 11.7 Å². The van der Waals surface area contributed by atoms with Gasteiger partial charge in [0.15, 0.2) is 5.69 Å². The molecule has 21 heavy (non-hydrogen) atoms. The summed E-state index contributed by atoms with van der Waals surface area (Å²) in [6, 6.07) is 6.75. The monoisotopic (exact) mass is 283 g/mol. The Labute approximate surface area is 123 Å². The quantitative estimate of drug-likeness (QED) is 0.905. The molecule has 108 valence electrons. The van der Waals surface area contributed by atoms with Gasteiger partial charge >= 0.3 is 5.97 Å². The Hall–Kier alpha value is -2.43. The van der Waals surface area contributed by atoms with Crippen LogP contribution in [0.4, 0.5) is 5.82 Å². The zero-order valence-electron chi connectivity index (χ0n) is 11.8. The van der Waals surface area contributed by atoms with Crippen LogP contribution in [0.2, 0.25) is 0 Å². The number of benzene rings is 1. The molecule has 5 heteroatoms. The van der Waals surface area contributed by atoms with E-state index in [0.717, 1.165) is 19.3 Å². The largest absolute Gasteiger partial charge is 0.476 e. The summed E-state index contributed by atoms with van der Waals surface area (Å²) in [4.78, 5) is 18.8. The first-order valence-electron chi connectivity index (χ1n) is 7.05. The van der Waals surface area contributed by atoms with E-state index in [4.69, 9.17) is 5.11 Å². The highest BCUT2D eigenvalue weighted by molar-refractivity contribution is 5.84. The molecule has 0 radical (unpaired) electrons. The second kappa shape index (κ2) is 5.52. The molecule has 1 aromatic carbocycles. The van der Waals surface area contributed by atoms with Crippen molar-refractivity contribution in [2.24, 2.45) is 0 Å². The van der Waals surface area contributed by atoms with E-state index in [2.05, 4.69) is 40.4 Å². The number of anilines is 1. The van der Waals surface area contributed by atoms with Crippen LogP contribution in [-0.4, -0.2) is 21.0 Å². The Kier molecular flexibility index (Phi) is 3.56. The van der Waals surface area contributed by atoms with Gasteiger partial charge in [0, 0.05) is 0 Å². The van der Waals surface area contributed by atoms with Crippen molar-refractivity contribution in [1.29, 1.82) is 0 Å². The molecular formula is C16H17N3O2. The molecule has 0 saturated carbocycles. The zero-order chi connectivity index (χ0) is 14.8. The lowest BCUT2D eigenvalue weighted by Gasteiger charge is -2.27. The van der Waals surface area contributed by atoms with Crippen LogP contribution in [-0.2, 0) is 6.42 Å². The van der Waals surface area contributed by atoms with Crippen molar-refractivity contribution in [1.82, 2.24) is 9.97 Å². The average molecular weight is 283 g/mol. The molecule has 1 aliphatic rings. The van der Waals surface area contributed by atoms with Gasteiger partial charge in [0.1, 0.15) is 5.82 Å². The predicted molar refractivity (Wildman–Crippen MR) is 79.5 cm³/mol. The number of aryl methyl sites for hydroxylation is 2. The molecular weight excluding hydrogens is 266 g/mol. The first-order valence-corrected chi connectivity index (χ1v) is 7.05. The summed E-state index contributed by atoms with van der Waals surface area (Å²) in [5.41, 5.74) is 3.89. The lowest BCUT2D eigenvalue weighted by atomic mass is 9.86. The summed E-state index contributed by atoms with van der Waals surface area (Å²) >= 11 is 0. The molecule has 0 bridgehead atoms. The Morgan fingerprint density at radius 1 is 1.33 bits per heavy atom. The number of aromatic nitrogens is 2. The van der Waals surface area contributed by atoms with Crippen LogP contribution < -0.4 is 5.32 Å². The van der Waals surface area contributed by atoms with E-state index in [1.807, 2.05) is 0 Å². The van der Waals surface area contributed by atoms with Crippen molar-refractivity contribution in [2.75, 3.05) is 5.32 Å². The van der Waals surface area contributed by atoms with Crippen molar-refractivity contribution in [3.63, 3.8) is 0 Å². The Morgan fingerprint density at radius 2 is 2.19 bits per heavy atom. The minimum absolute atomic E-state index is 0.0413. The fourth-order valence-electron chi connectivity index (χ4n) is 2.76. The van der Waals surface area contributed by atoms with Gasteiger partial charge in [-0.25, -0.2) is 14.8 Å². The fourth-order valence-corrected chi connectivity index (χ4v) is 2.76. The lowest BCUT2D eigenvalue weighted by molar-refractivity contribution is 0.0690. The lowest BCUT2D eigenvalue weighted by Crippen LogP contribution is -2.18. The van der Waals surface area contributed by atoms with Gasteiger partial charge in [0.05, 0.1) is 18.4 Å². The van der Waals surface area contributed by atoms with E-state index in [1.54, 1.807) is 0 Å². The number of aromatic carboxylic acids is 1. The first kappa shape index (κ1) is 13.5. The van der Waals surface area contributed by atoms with Crippen molar-refractivity contribution in [3.8, 4) is 0 Å². The molecule has 2 N–H and O–H groups in total. The van der Waals surface area contributed by atoms with Crippen molar-refractivity contribution in [2.45, 2.75) is 32.2 Å². The van der Waals surface area contributed by atoms with Crippen LogP contribution in [0.25, 0.3) is 0 Å². The van der Waals surface area contributed by atoms with Crippen molar-refractivity contribution >= 4 is 11.8 Å². The maximum absolute atomic E-state index is 10.8. The third kappa shape index (κ3) is 2.86. The average Bonchev–Trinajstić information content (AvgIpc) is 2.48. The third-order valence-electron chi connectivity index (χ3n) is 3.81. The minimum atomic E-state index is -1.06. The number of hydrogen-bond donors (Lipinski definition) is 2. The summed E-state index contributed by atoms with van der Waals surface area (Å²) in [5.74, 6) is -0.452. The van der Waals surface area contributed by atoms with Gasteiger partial charge in [0.2, 0.25) is 0 Å². The number of carboxylic acid groups (broad SMARTS) is 1. The minimum Gasteiger partial charge on any atom is -0.476 e. The molecule has 1 aromatic heterocycles. The molecule has 0 spiro atoms. The molecule has 5 nitrogen and oxygen atoms in total. The molecule has 1 atom stereocenters. The van der Waals surface area contributed by atoms with Gasteiger partial charge in [-0.3, -0.25) is 0 Å². The van der Waals surface area contributed by atoms with Gasteiger partial charge in [0.25, 0.3) is 0 Å². The number of fused-ring (bicyclic) bond motifs is 1. The van der Waals surface area contributed by atoms with Gasteiger partial charge in [-0.15, -0.1) is 0 Å². The summed E-state index contributed by atoms with van der Waals surface area (Å²) < 4.78 is 0. The number of carboxylic acids is 1. The summed E-state index contributed by atoms with van der Waals surface area (Å²) in [5, 5.41) is 12.2. The highest BCUT2D eigenvalue weighted by Gasteiger charge is 2.20. The van der Waals surface area contributed by atoms with E-state index < -0.39 is 5.97 Å². The van der Waals surface area contributed by atoms with Crippen molar-refractivity contribution < 1.29 is 9.90 Å². The number of hydrogen-bond acceptors (Lipinski definition) is 4. The van der Waals surface area contributed by atoms with E-state index in [9.17, 15) is 4.79 Å². The van der Waals surface area contributed by atoms with Crippen LogP contribution in [0.15, 0.2) is 30.6 Å².